The second-order valence-corrected chi connectivity index (χ2v) is 7.94. The average molecular weight is 483 g/mol. The number of rotatable bonds is 14. The Morgan fingerprint density at radius 1 is 1.20 bits per heavy atom. The molecule has 1 aromatic heterocycles. The minimum atomic E-state index is 0.0720. The van der Waals surface area contributed by atoms with E-state index in [2.05, 4.69) is 63.2 Å². The molecule has 192 valence electrons. The van der Waals surface area contributed by atoms with Crippen molar-refractivity contribution >= 4 is 23.0 Å². The molecule has 0 saturated carbocycles. The molecule has 0 aliphatic carbocycles. The van der Waals surface area contributed by atoms with Gasteiger partial charge in [0.15, 0.2) is 0 Å². The zero-order valence-electron chi connectivity index (χ0n) is 22.0. The van der Waals surface area contributed by atoms with Gasteiger partial charge in [-0.05, 0) is 43.2 Å². The minimum Gasteiger partial charge on any atom is -0.500 e. The highest BCUT2D eigenvalue weighted by atomic mass is 16.5. The molecule has 2 N–H and O–H groups in total. The molecule has 8 nitrogen and oxygen atoms in total. The van der Waals surface area contributed by atoms with Crippen molar-refractivity contribution in [2.45, 2.75) is 40.0 Å². The number of ether oxygens (including phenoxy) is 2. The number of likely N-dealkylation sites (N-methyl/N-ethyl adjacent to an activating group) is 1. The Hall–Kier alpha value is -2.97. The van der Waals surface area contributed by atoms with E-state index in [9.17, 15) is 0 Å². The molecule has 1 aliphatic rings. The minimum absolute atomic E-state index is 0.0720. The van der Waals surface area contributed by atoms with Gasteiger partial charge in [-0.1, -0.05) is 33.8 Å². The molecule has 2 unspecified atom stereocenters. The van der Waals surface area contributed by atoms with Crippen molar-refractivity contribution in [1.29, 1.82) is 0 Å². The topological polar surface area (TPSA) is 87.1 Å². The summed E-state index contributed by atoms with van der Waals surface area (Å²) in [6.07, 6.45) is 8.65. The number of hydrogen-bond acceptors (Lipinski definition) is 7. The lowest BCUT2D eigenvalue weighted by Gasteiger charge is -2.21. The van der Waals surface area contributed by atoms with Crippen molar-refractivity contribution in [2.24, 2.45) is 16.0 Å². The number of hydrazone groups is 1. The van der Waals surface area contributed by atoms with Crippen molar-refractivity contribution in [1.82, 2.24) is 20.5 Å². The number of H-pyrrole nitrogens is 1. The molecule has 8 heteroatoms. The van der Waals surface area contributed by atoms with Gasteiger partial charge >= 0.3 is 0 Å². The van der Waals surface area contributed by atoms with Gasteiger partial charge in [0.2, 0.25) is 0 Å². The third-order valence-corrected chi connectivity index (χ3v) is 5.98. The fraction of sp³-hybridized carbons (Fsp3) is 0.519. The third kappa shape index (κ3) is 8.04. The van der Waals surface area contributed by atoms with E-state index < -0.39 is 0 Å². The molecule has 1 aromatic carbocycles. The van der Waals surface area contributed by atoms with Gasteiger partial charge in [0.1, 0.15) is 5.84 Å². The number of hydrogen-bond donors (Lipinski definition) is 2. The zero-order chi connectivity index (χ0) is 25.5. The molecule has 1 aliphatic heterocycles. The second kappa shape index (κ2) is 15.8. The van der Waals surface area contributed by atoms with E-state index in [1.807, 2.05) is 38.3 Å². The summed E-state index contributed by atoms with van der Waals surface area (Å²) in [6, 6.07) is 6.15. The van der Waals surface area contributed by atoms with Gasteiger partial charge in [-0.25, -0.2) is 0 Å². The van der Waals surface area contributed by atoms with E-state index in [0.29, 0.717) is 13.2 Å². The maximum atomic E-state index is 5.87. The molecule has 2 atom stereocenters. The number of aliphatic imine (C=N–C) groups is 1. The van der Waals surface area contributed by atoms with Gasteiger partial charge in [-0.3, -0.25) is 20.4 Å². The van der Waals surface area contributed by atoms with E-state index in [1.54, 1.807) is 13.3 Å². The smallest absolute Gasteiger partial charge is 0.149 e. The first kappa shape index (κ1) is 28.3. The predicted octanol–water partition coefficient (Wildman–Crippen LogP) is 4.72. The molecular formula is C27H42N6O2. The normalized spacial score (nSPS) is 14.9. The van der Waals surface area contributed by atoms with Gasteiger partial charge in [0.25, 0.3) is 0 Å². The first-order chi connectivity index (χ1) is 17.2. The summed E-state index contributed by atoms with van der Waals surface area (Å²) in [5.41, 5.74) is 5.95. The van der Waals surface area contributed by atoms with Gasteiger partial charge in [0, 0.05) is 43.3 Å². The summed E-state index contributed by atoms with van der Waals surface area (Å²) in [4.78, 5) is 6.82. The monoisotopic (exact) mass is 482 g/mol. The van der Waals surface area contributed by atoms with Crippen LogP contribution in [0.5, 0.6) is 0 Å². The number of aromatic amines is 1. The average Bonchev–Trinajstić information content (AvgIpc) is 3.34. The molecule has 0 radical (unpaired) electrons. The third-order valence-electron chi connectivity index (χ3n) is 5.98. The van der Waals surface area contributed by atoms with Crippen LogP contribution in [0.25, 0.3) is 10.9 Å². The summed E-state index contributed by atoms with van der Waals surface area (Å²) in [5.74, 6) is 1.09. The lowest BCUT2D eigenvalue weighted by atomic mass is 9.86. The molecule has 0 amide bonds. The van der Waals surface area contributed by atoms with Crippen LogP contribution in [0.15, 0.2) is 53.3 Å². The van der Waals surface area contributed by atoms with Crippen molar-refractivity contribution in [2.75, 3.05) is 46.5 Å². The van der Waals surface area contributed by atoms with Crippen molar-refractivity contribution in [3.05, 3.63) is 54.4 Å². The molecule has 0 saturated heterocycles. The number of nitrogens with one attached hydrogen (secondary N) is 2. The molecule has 0 spiro atoms. The lowest BCUT2D eigenvalue weighted by Crippen LogP contribution is -2.30. The second-order valence-electron chi connectivity index (χ2n) is 7.94. The molecule has 0 fully saturated rings. The van der Waals surface area contributed by atoms with E-state index in [1.165, 1.54) is 0 Å². The van der Waals surface area contributed by atoms with Crippen molar-refractivity contribution in [3.63, 3.8) is 0 Å². The highest BCUT2D eigenvalue weighted by Crippen LogP contribution is 2.33. The van der Waals surface area contributed by atoms with Crippen LogP contribution in [-0.2, 0) is 9.47 Å². The van der Waals surface area contributed by atoms with Crippen LogP contribution in [0.2, 0.25) is 0 Å². The van der Waals surface area contributed by atoms with Crippen LogP contribution >= 0.6 is 0 Å². The molecule has 3 rings (SSSR count). The van der Waals surface area contributed by atoms with Crippen LogP contribution < -0.4 is 5.43 Å². The largest absolute Gasteiger partial charge is 0.500 e. The fourth-order valence-electron chi connectivity index (χ4n) is 3.96. The highest BCUT2D eigenvalue weighted by molar-refractivity contribution is 6.03. The van der Waals surface area contributed by atoms with Gasteiger partial charge in [-0.2, -0.15) is 10.2 Å². The Labute approximate surface area is 210 Å². The molecule has 2 aromatic rings. The van der Waals surface area contributed by atoms with Crippen molar-refractivity contribution < 1.29 is 9.47 Å². The molecule has 2 heterocycles. The Morgan fingerprint density at radius 2 is 2.00 bits per heavy atom. The Bertz CT molecular complexity index is 981. The summed E-state index contributed by atoms with van der Waals surface area (Å²) in [6.45, 7) is 17.1. The number of fused-ring (bicyclic) bond motifs is 1. The van der Waals surface area contributed by atoms with Gasteiger partial charge in [0.05, 0.1) is 37.2 Å². The molecular weight excluding hydrogens is 440 g/mol. The van der Waals surface area contributed by atoms with E-state index in [0.717, 1.165) is 60.7 Å². The number of aromatic nitrogens is 2. The summed E-state index contributed by atoms with van der Waals surface area (Å²) < 4.78 is 11.0. The summed E-state index contributed by atoms with van der Waals surface area (Å²) in [7, 11) is 1.73. The van der Waals surface area contributed by atoms with Crippen LogP contribution in [0.1, 0.15) is 51.3 Å². The maximum Gasteiger partial charge on any atom is 0.149 e. The first-order valence-electron chi connectivity index (χ1n) is 12.6. The fourth-order valence-corrected chi connectivity index (χ4v) is 3.96. The number of nitrogens with zero attached hydrogens (tertiary/aromatic N) is 4. The number of benzene rings is 1. The lowest BCUT2D eigenvalue weighted by molar-refractivity contribution is 0.129. The van der Waals surface area contributed by atoms with E-state index in [4.69, 9.17) is 9.47 Å². The van der Waals surface area contributed by atoms with Gasteiger partial charge in [-0.15, -0.1) is 6.58 Å². The number of allylic oxidation sites excluding steroid dienone is 2. The quantitative estimate of drug-likeness (QED) is 0.231. The number of methoxy groups -OCH3 is 1. The van der Waals surface area contributed by atoms with Gasteiger partial charge < -0.3 is 9.47 Å². The molecule has 0 bridgehead atoms. The Morgan fingerprint density at radius 3 is 2.66 bits per heavy atom. The van der Waals surface area contributed by atoms with Crippen LogP contribution in [0, 0.1) is 5.92 Å². The van der Waals surface area contributed by atoms with Crippen LogP contribution in [-0.4, -0.2) is 73.7 Å². The van der Waals surface area contributed by atoms with Crippen LogP contribution in [0.4, 0.5) is 0 Å². The Balaban J connectivity index is 0.00000210. The standard InChI is InChI=1S/C25H36N6O2.C2H6/c1-5-19(6-2)21(10-15-33-17-14-31(7-3)13-16-32-4)24-22-18-20(8-9-23(22)28-29-24)25-26-11-12-27-30-25;1-2/h5,8-10,12,15,18-19,21H,1,6-7,11,13-14,16-17H2,2-4H3,(H,26,30)(H,28,29);1-2H3/b15-10+;. The first-order valence-corrected chi connectivity index (χ1v) is 12.6. The van der Waals surface area contributed by atoms with E-state index >= 15 is 0 Å². The van der Waals surface area contributed by atoms with Crippen LogP contribution in [0.3, 0.4) is 0 Å². The SMILES string of the molecule is C=CC(CC)C(/C=C/OCCN(CC)CCOC)c1[nH]nc2ccc(C3=NCC=NN3)cc12.CC. The Kier molecular flexibility index (Phi) is 12.8. The summed E-state index contributed by atoms with van der Waals surface area (Å²) >= 11 is 0. The maximum absolute atomic E-state index is 5.87. The highest BCUT2D eigenvalue weighted by Gasteiger charge is 2.22. The van der Waals surface area contributed by atoms with Crippen molar-refractivity contribution in [3.8, 4) is 0 Å². The number of amidine groups is 1. The van der Waals surface area contributed by atoms with E-state index in [-0.39, 0.29) is 11.8 Å². The predicted molar refractivity (Wildman–Crippen MR) is 146 cm³/mol. The zero-order valence-corrected chi connectivity index (χ0v) is 22.0. The summed E-state index contributed by atoms with van der Waals surface area (Å²) in [5, 5.41) is 13.0. The molecule has 35 heavy (non-hydrogen) atoms.